The quantitative estimate of drug-likeness (QED) is 0.692. The molecule has 2 N–H and O–H groups in total. The molecule has 3 aromatic rings. The van der Waals surface area contributed by atoms with E-state index in [1.807, 2.05) is 0 Å². The highest BCUT2D eigenvalue weighted by Crippen LogP contribution is 2.14. The Morgan fingerprint density at radius 2 is 2.15 bits per heavy atom. The number of nitrogens with zero attached hydrogens (tertiary/aromatic N) is 3. The van der Waals surface area contributed by atoms with Crippen LogP contribution in [-0.4, -0.2) is 45.9 Å². The lowest BCUT2D eigenvalue weighted by Gasteiger charge is -2.11. The van der Waals surface area contributed by atoms with Gasteiger partial charge in [0.1, 0.15) is 11.1 Å². The molecular weight excluding hydrogens is 350 g/mol. The van der Waals surface area contributed by atoms with Crippen LogP contribution in [0.15, 0.2) is 40.1 Å². The van der Waals surface area contributed by atoms with Gasteiger partial charge in [0.25, 0.3) is 5.56 Å². The highest BCUT2D eigenvalue weighted by atomic mass is 16.5. The molecular formula is C18H19N5O4. The van der Waals surface area contributed by atoms with Gasteiger partial charge in [0.2, 0.25) is 5.95 Å². The van der Waals surface area contributed by atoms with E-state index in [4.69, 9.17) is 9.47 Å². The van der Waals surface area contributed by atoms with E-state index in [1.54, 1.807) is 31.4 Å². The van der Waals surface area contributed by atoms with Gasteiger partial charge in [0.15, 0.2) is 5.65 Å². The summed E-state index contributed by atoms with van der Waals surface area (Å²) in [7, 11) is 1.55. The van der Waals surface area contributed by atoms with E-state index < -0.39 is 11.2 Å². The van der Waals surface area contributed by atoms with Crippen molar-refractivity contribution in [3.8, 4) is 11.4 Å². The molecule has 0 amide bonds. The van der Waals surface area contributed by atoms with Crippen molar-refractivity contribution >= 4 is 17.0 Å². The predicted octanol–water partition coefficient (Wildman–Crippen LogP) is 1.07. The highest BCUT2D eigenvalue weighted by Gasteiger charge is 2.16. The lowest BCUT2D eigenvalue weighted by atomic mass is 10.2. The Bertz CT molecular complexity index is 1070. The Balaban J connectivity index is 1.67. The number of benzene rings is 1. The maximum atomic E-state index is 12.8. The van der Waals surface area contributed by atoms with Gasteiger partial charge < -0.3 is 14.8 Å². The summed E-state index contributed by atoms with van der Waals surface area (Å²) in [6, 6.07) is 6.64. The molecule has 0 spiro atoms. The second kappa shape index (κ2) is 7.20. The van der Waals surface area contributed by atoms with E-state index in [-0.39, 0.29) is 17.1 Å². The smallest absolute Gasteiger partial charge is 0.334 e. The average molecular weight is 369 g/mol. The van der Waals surface area contributed by atoms with Crippen molar-refractivity contribution in [1.82, 2.24) is 19.5 Å². The van der Waals surface area contributed by atoms with Crippen molar-refractivity contribution in [2.75, 3.05) is 25.6 Å². The summed E-state index contributed by atoms with van der Waals surface area (Å²) in [6.07, 6.45) is 3.58. The minimum absolute atomic E-state index is 0.131. The zero-order chi connectivity index (χ0) is 18.8. The number of anilines is 1. The lowest BCUT2D eigenvalue weighted by Crippen LogP contribution is -2.34. The number of aromatic nitrogens is 4. The number of H-pyrrole nitrogens is 1. The molecule has 140 valence electrons. The fraction of sp³-hybridized carbons (Fsp3) is 0.333. The van der Waals surface area contributed by atoms with E-state index in [0.717, 1.165) is 24.0 Å². The van der Waals surface area contributed by atoms with Crippen LogP contribution >= 0.6 is 0 Å². The number of hydrogen-bond acceptors (Lipinski definition) is 7. The third kappa shape index (κ3) is 3.41. The summed E-state index contributed by atoms with van der Waals surface area (Å²) in [6.45, 7) is 1.35. The van der Waals surface area contributed by atoms with Crippen molar-refractivity contribution in [1.29, 1.82) is 0 Å². The molecule has 2 aromatic heterocycles. The van der Waals surface area contributed by atoms with Crippen LogP contribution in [0.2, 0.25) is 0 Å². The first-order valence-electron chi connectivity index (χ1n) is 8.67. The molecule has 3 heterocycles. The Labute approximate surface area is 154 Å². The van der Waals surface area contributed by atoms with Gasteiger partial charge in [-0.15, -0.1) is 0 Å². The van der Waals surface area contributed by atoms with Gasteiger partial charge in [-0.2, -0.15) is 4.98 Å². The molecule has 1 atom stereocenters. The zero-order valence-electron chi connectivity index (χ0n) is 14.8. The van der Waals surface area contributed by atoms with E-state index in [1.165, 1.54) is 6.20 Å². The average Bonchev–Trinajstić information content (AvgIpc) is 3.20. The largest absolute Gasteiger partial charge is 0.497 e. The molecule has 0 saturated carbocycles. The fourth-order valence-corrected chi connectivity index (χ4v) is 3.06. The first-order chi connectivity index (χ1) is 13.2. The van der Waals surface area contributed by atoms with Crippen LogP contribution in [0.25, 0.3) is 16.7 Å². The number of aromatic amines is 1. The van der Waals surface area contributed by atoms with Crippen molar-refractivity contribution < 1.29 is 9.47 Å². The normalized spacial score (nSPS) is 16.6. The molecule has 9 heteroatoms. The predicted molar refractivity (Wildman–Crippen MR) is 99.8 cm³/mol. The standard InChI is InChI=1S/C18H19N5O4/c1-26-12-6-4-11(5-7-12)23-16(24)14-10-20-17(21-15(14)22-18(23)25)19-9-13-3-2-8-27-13/h4-7,10,13H,2-3,8-9H2,1H3,(H2,19,20,21,22,25). The summed E-state index contributed by atoms with van der Waals surface area (Å²) in [5, 5.41) is 3.31. The van der Waals surface area contributed by atoms with Crippen LogP contribution in [0.5, 0.6) is 5.75 Å². The molecule has 1 aliphatic heterocycles. The number of ether oxygens (including phenoxy) is 2. The Kier molecular flexibility index (Phi) is 4.59. The van der Waals surface area contributed by atoms with E-state index in [2.05, 4.69) is 20.3 Å². The van der Waals surface area contributed by atoms with E-state index >= 15 is 0 Å². The number of fused-ring (bicyclic) bond motifs is 1. The van der Waals surface area contributed by atoms with Crippen molar-refractivity contribution in [2.45, 2.75) is 18.9 Å². The molecule has 0 aliphatic carbocycles. The van der Waals surface area contributed by atoms with Crippen LogP contribution in [-0.2, 0) is 4.74 Å². The third-order valence-electron chi connectivity index (χ3n) is 4.49. The second-order valence-corrected chi connectivity index (χ2v) is 6.24. The molecule has 0 radical (unpaired) electrons. The Hall–Kier alpha value is -3.20. The highest BCUT2D eigenvalue weighted by molar-refractivity contribution is 5.73. The molecule has 1 saturated heterocycles. The van der Waals surface area contributed by atoms with Crippen molar-refractivity contribution in [2.24, 2.45) is 0 Å². The number of hydrogen-bond donors (Lipinski definition) is 2. The topological polar surface area (TPSA) is 111 Å². The summed E-state index contributed by atoms with van der Waals surface area (Å²) in [5.41, 5.74) is -0.421. The second-order valence-electron chi connectivity index (χ2n) is 6.24. The lowest BCUT2D eigenvalue weighted by molar-refractivity contribution is 0.120. The van der Waals surface area contributed by atoms with Gasteiger partial charge in [-0.1, -0.05) is 0 Å². The SMILES string of the molecule is COc1ccc(-n2c(=O)[nH]c3nc(NCC4CCCO4)ncc3c2=O)cc1. The first kappa shape index (κ1) is 17.2. The van der Waals surface area contributed by atoms with E-state index in [9.17, 15) is 9.59 Å². The summed E-state index contributed by atoms with van der Waals surface area (Å²) < 4.78 is 11.7. The fourth-order valence-electron chi connectivity index (χ4n) is 3.06. The third-order valence-corrected chi connectivity index (χ3v) is 4.49. The number of rotatable bonds is 5. The van der Waals surface area contributed by atoms with Crippen molar-refractivity contribution in [3.05, 3.63) is 51.3 Å². The van der Waals surface area contributed by atoms with E-state index in [0.29, 0.717) is 23.9 Å². The maximum Gasteiger partial charge on any atom is 0.334 e. The maximum absolute atomic E-state index is 12.8. The first-order valence-corrected chi connectivity index (χ1v) is 8.67. The molecule has 1 aromatic carbocycles. The van der Waals surface area contributed by atoms with Crippen LogP contribution in [0.4, 0.5) is 5.95 Å². The molecule has 9 nitrogen and oxygen atoms in total. The molecule has 27 heavy (non-hydrogen) atoms. The van der Waals surface area contributed by atoms with Gasteiger partial charge in [-0.3, -0.25) is 9.78 Å². The van der Waals surface area contributed by atoms with Gasteiger partial charge in [0.05, 0.1) is 18.9 Å². The van der Waals surface area contributed by atoms with Crippen LogP contribution in [0, 0.1) is 0 Å². The minimum atomic E-state index is -0.568. The Morgan fingerprint density at radius 3 is 2.85 bits per heavy atom. The number of methoxy groups -OCH3 is 1. The molecule has 0 bridgehead atoms. The van der Waals surface area contributed by atoms with Gasteiger partial charge in [0, 0.05) is 19.3 Å². The molecule has 1 aliphatic rings. The van der Waals surface area contributed by atoms with Crippen LogP contribution < -0.4 is 21.3 Å². The summed E-state index contributed by atoms with van der Waals surface area (Å²) >= 11 is 0. The monoisotopic (exact) mass is 369 g/mol. The van der Waals surface area contributed by atoms with Gasteiger partial charge >= 0.3 is 5.69 Å². The van der Waals surface area contributed by atoms with Crippen LogP contribution in [0.3, 0.4) is 0 Å². The summed E-state index contributed by atoms with van der Waals surface area (Å²) in [4.78, 5) is 36.3. The minimum Gasteiger partial charge on any atom is -0.497 e. The molecule has 4 rings (SSSR count). The Morgan fingerprint density at radius 1 is 1.33 bits per heavy atom. The van der Waals surface area contributed by atoms with Crippen LogP contribution in [0.1, 0.15) is 12.8 Å². The molecule has 1 fully saturated rings. The van der Waals surface area contributed by atoms with Gasteiger partial charge in [-0.05, 0) is 37.1 Å². The number of nitrogens with one attached hydrogen (secondary N) is 2. The zero-order valence-corrected chi connectivity index (χ0v) is 14.8. The molecule has 1 unspecified atom stereocenters. The van der Waals surface area contributed by atoms with Gasteiger partial charge in [-0.25, -0.2) is 14.3 Å². The van der Waals surface area contributed by atoms with Crippen molar-refractivity contribution in [3.63, 3.8) is 0 Å². The summed E-state index contributed by atoms with van der Waals surface area (Å²) in [5.74, 6) is 0.976.